The molecule has 1 N–H and O–H groups in total. The Morgan fingerprint density at radius 3 is 2.24 bits per heavy atom. The number of nitrogens with one attached hydrogen (secondary N) is 1. The lowest BCUT2D eigenvalue weighted by atomic mass is 10.1. The van der Waals surface area contributed by atoms with E-state index in [2.05, 4.69) is 21.2 Å². The van der Waals surface area contributed by atoms with Gasteiger partial charge in [0.05, 0.1) is 11.9 Å². The predicted octanol–water partition coefficient (Wildman–Crippen LogP) is 4.20. The number of halogens is 2. The highest BCUT2D eigenvalue weighted by molar-refractivity contribution is 9.10. The van der Waals surface area contributed by atoms with Crippen LogP contribution in [0.25, 0.3) is 0 Å². The van der Waals surface area contributed by atoms with E-state index in [1.54, 1.807) is 55.5 Å². The number of para-hydroxylation sites is 1. The van der Waals surface area contributed by atoms with Gasteiger partial charge in [0, 0.05) is 22.1 Å². The number of carbonyl (C=O) groups excluding carboxylic acids is 2. The minimum Gasteiger partial charge on any atom is -0.352 e. The van der Waals surface area contributed by atoms with Gasteiger partial charge in [0.15, 0.2) is 0 Å². The number of benzene rings is 2. The quantitative estimate of drug-likeness (QED) is 0.474. The van der Waals surface area contributed by atoms with Gasteiger partial charge in [-0.3, -0.25) is 13.9 Å². The third-order valence-corrected chi connectivity index (χ3v) is 7.08. The van der Waals surface area contributed by atoms with E-state index >= 15 is 0 Å². The highest BCUT2D eigenvalue weighted by Crippen LogP contribution is 2.28. The number of nitrogens with zero attached hydrogens (tertiary/aromatic N) is 2. The van der Waals surface area contributed by atoms with Crippen LogP contribution in [0.15, 0.2) is 53.0 Å². The molecular weight excluding hydrogens is 530 g/mol. The molecule has 0 heterocycles. The van der Waals surface area contributed by atoms with Gasteiger partial charge >= 0.3 is 0 Å². The number of carbonyl (C=O) groups is 2. The molecule has 0 aliphatic rings. The third kappa shape index (κ3) is 7.45. The molecule has 0 aliphatic heterocycles. The Labute approximate surface area is 209 Å². The third-order valence-electron chi connectivity index (χ3n) is 4.92. The Hall–Kier alpha value is -2.10. The number of hydrogen-bond donors (Lipinski definition) is 1. The molecule has 180 valence electrons. The van der Waals surface area contributed by atoms with Crippen LogP contribution in [0, 0.1) is 0 Å². The number of anilines is 1. The number of rotatable bonds is 10. The largest absolute Gasteiger partial charge is 0.352 e. The molecule has 0 radical (unpaired) electrons. The molecule has 1 atom stereocenters. The lowest BCUT2D eigenvalue weighted by Crippen LogP contribution is -2.53. The summed E-state index contributed by atoms with van der Waals surface area (Å²) in [4.78, 5) is 27.9. The zero-order chi connectivity index (χ0) is 24.8. The summed E-state index contributed by atoms with van der Waals surface area (Å²) in [5.41, 5.74) is 1.00. The van der Waals surface area contributed by atoms with Crippen molar-refractivity contribution in [2.24, 2.45) is 0 Å². The first kappa shape index (κ1) is 27.1. The van der Waals surface area contributed by atoms with Crippen molar-refractivity contribution in [3.8, 4) is 0 Å². The molecule has 7 nitrogen and oxygen atoms in total. The van der Waals surface area contributed by atoms with Crippen molar-refractivity contribution in [3.63, 3.8) is 0 Å². The summed E-state index contributed by atoms with van der Waals surface area (Å²) in [7, 11) is -3.79. The van der Waals surface area contributed by atoms with Crippen LogP contribution >= 0.6 is 27.5 Å². The van der Waals surface area contributed by atoms with Gasteiger partial charge < -0.3 is 10.2 Å². The normalized spacial score (nSPS) is 12.3. The van der Waals surface area contributed by atoms with Crippen molar-refractivity contribution in [2.75, 3.05) is 17.1 Å². The second-order valence-corrected chi connectivity index (χ2v) is 11.1. The van der Waals surface area contributed by atoms with E-state index < -0.39 is 28.5 Å². The molecule has 0 aromatic heterocycles. The van der Waals surface area contributed by atoms with Gasteiger partial charge in [-0.1, -0.05) is 48.9 Å². The number of hydrogen-bond acceptors (Lipinski definition) is 4. The molecule has 2 rings (SSSR count). The van der Waals surface area contributed by atoms with Gasteiger partial charge in [-0.25, -0.2) is 8.42 Å². The van der Waals surface area contributed by atoms with Crippen molar-refractivity contribution in [1.29, 1.82) is 0 Å². The van der Waals surface area contributed by atoms with Crippen molar-refractivity contribution in [1.82, 2.24) is 10.2 Å². The maximum absolute atomic E-state index is 13.6. The maximum Gasteiger partial charge on any atom is 0.244 e. The lowest BCUT2D eigenvalue weighted by molar-refractivity contribution is -0.140. The zero-order valence-electron chi connectivity index (χ0n) is 19.1. The first-order valence-corrected chi connectivity index (χ1v) is 13.5. The van der Waals surface area contributed by atoms with Crippen molar-refractivity contribution in [3.05, 3.63) is 63.6 Å². The minimum atomic E-state index is -3.79. The zero-order valence-corrected chi connectivity index (χ0v) is 22.2. The van der Waals surface area contributed by atoms with Crippen molar-refractivity contribution >= 4 is 55.1 Å². The molecule has 0 spiro atoms. The van der Waals surface area contributed by atoms with Crippen molar-refractivity contribution < 1.29 is 18.0 Å². The summed E-state index contributed by atoms with van der Waals surface area (Å²) < 4.78 is 26.8. The average molecular weight is 559 g/mol. The van der Waals surface area contributed by atoms with Crippen LogP contribution in [0.5, 0.6) is 0 Å². The maximum atomic E-state index is 13.6. The Balaban J connectivity index is 2.47. The number of sulfonamides is 1. The molecule has 2 aromatic rings. The van der Waals surface area contributed by atoms with Gasteiger partial charge in [-0.05, 0) is 60.0 Å². The highest BCUT2D eigenvalue weighted by atomic mass is 79.9. The molecule has 2 aromatic carbocycles. The summed E-state index contributed by atoms with van der Waals surface area (Å²) in [6.07, 6.45) is 1.39. The molecule has 10 heteroatoms. The summed E-state index contributed by atoms with van der Waals surface area (Å²) in [5.74, 6) is -0.818. The Morgan fingerprint density at radius 1 is 1.09 bits per heavy atom. The number of amides is 2. The second-order valence-electron chi connectivity index (χ2n) is 7.92. The average Bonchev–Trinajstić information content (AvgIpc) is 2.72. The van der Waals surface area contributed by atoms with Crippen LogP contribution in [0.1, 0.15) is 32.8 Å². The van der Waals surface area contributed by atoms with Crippen LogP contribution in [0.3, 0.4) is 0 Å². The predicted molar refractivity (Wildman–Crippen MR) is 136 cm³/mol. The Bertz CT molecular complexity index is 1090. The molecular formula is C23H29BrClN3O4S. The second kappa shape index (κ2) is 11.9. The topological polar surface area (TPSA) is 86.8 Å². The van der Waals surface area contributed by atoms with Gasteiger partial charge in [0.2, 0.25) is 21.8 Å². The monoisotopic (exact) mass is 557 g/mol. The SMILES string of the molecule is CCC(C(=O)NC(C)C)N(Cc1ccccc1Cl)C(=O)CN(c1ccccc1Br)S(C)(=O)=O. The fourth-order valence-corrected chi connectivity index (χ4v) is 5.03. The Morgan fingerprint density at radius 2 is 1.70 bits per heavy atom. The van der Waals surface area contributed by atoms with Crippen molar-refractivity contribution in [2.45, 2.75) is 45.8 Å². The smallest absolute Gasteiger partial charge is 0.244 e. The van der Waals surface area contributed by atoms with Gasteiger partial charge in [0.25, 0.3) is 0 Å². The van der Waals surface area contributed by atoms with Gasteiger partial charge in [0.1, 0.15) is 12.6 Å². The molecule has 0 aliphatic carbocycles. The Kier molecular flexibility index (Phi) is 9.75. The van der Waals surface area contributed by atoms with Crippen LogP contribution in [0.4, 0.5) is 5.69 Å². The van der Waals surface area contributed by atoms with Crippen LogP contribution in [-0.4, -0.2) is 50.0 Å². The first-order chi connectivity index (χ1) is 15.5. The standard InChI is InChI=1S/C23H29BrClN3O4S/c1-5-20(23(30)26-16(2)3)27(14-17-10-6-8-12-19(17)25)22(29)15-28(33(4,31)32)21-13-9-7-11-18(21)24/h6-13,16,20H,5,14-15H2,1-4H3,(H,26,30). The molecule has 1 unspecified atom stereocenters. The lowest BCUT2D eigenvalue weighted by Gasteiger charge is -2.33. The van der Waals surface area contributed by atoms with E-state index in [0.717, 1.165) is 10.6 Å². The van der Waals surface area contributed by atoms with E-state index in [1.807, 2.05) is 13.8 Å². The summed E-state index contributed by atoms with van der Waals surface area (Å²) in [6, 6.07) is 12.9. The molecule has 0 bridgehead atoms. The van der Waals surface area contributed by atoms with E-state index in [0.29, 0.717) is 27.2 Å². The molecule has 0 fully saturated rings. The fourth-order valence-electron chi connectivity index (χ4n) is 3.36. The first-order valence-electron chi connectivity index (χ1n) is 10.5. The van der Waals surface area contributed by atoms with E-state index in [-0.39, 0.29) is 18.5 Å². The van der Waals surface area contributed by atoms with Gasteiger partial charge in [-0.15, -0.1) is 0 Å². The fraction of sp³-hybridized carbons (Fsp3) is 0.391. The van der Waals surface area contributed by atoms with E-state index in [9.17, 15) is 18.0 Å². The summed E-state index contributed by atoms with van der Waals surface area (Å²) in [6.45, 7) is 5.08. The molecule has 33 heavy (non-hydrogen) atoms. The molecule has 2 amide bonds. The van der Waals surface area contributed by atoms with Crippen LogP contribution in [0.2, 0.25) is 5.02 Å². The summed E-state index contributed by atoms with van der Waals surface area (Å²) >= 11 is 9.69. The minimum absolute atomic E-state index is 0.0656. The van der Waals surface area contributed by atoms with Crippen LogP contribution in [-0.2, 0) is 26.2 Å². The van der Waals surface area contributed by atoms with Crippen LogP contribution < -0.4 is 9.62 Å². The summed E-state index contributed by atoms with van der Waals surface area (Å²) in [5, 5.41) is 3.31. The van der Waals surface area contributed by atoms with E-state index in [1.165, 1.54) is 4.90 Å². The highest BCUT2D eigenvalue weighted by Gasteiger charge is 2.32. The molecule has 0 saturated heterocycles. The molecule has 0 saturated carbocycles. The van der Waals surface area contributed by atoms with Gasteiger partial charge in [-0.2, -0.15) is 0 Å². The van der Waals surface area contributed by atoms with E-state index in [4.69, 9.17) is 11.6 Å².